The highest BCUT2D eigenvalue weighted by molar-refractivity contribution is 8.03. The van der Waals surface area contributed by atoms with Gasteiger partial charge in [-0.3, -0.25) is 0 Å². The van der Waals surface area contributed by atoms with Crippen molar-refractivity contribution in [1.29, 1.82) is 0 Å². The molecule has 1 atom stereocenters. The molecule has 1 N–H and O–H groups in total. The van der Waals surface area contributed by atoms with Crippen LogP contribution in [0.1, 0.15) is 34.6 Å². The smallest absolute Gasteiger partial charge is 0.0735 e. The standard InChI is InChI=1S/C6H11NS.C2H6/c1-4-5(2)8-6(3)7-4;1-2/h6-7H,1-3H3;1-2H3. The highest BCUT2D eigenvalue weighted by atomic mass is 32.2. The summed E-state index contributed by atoms with van der Waals surface area (Å²) in [5, 5.41) is 3.90. The van der Waals surface area contributed by atoms with E-state index < -0.39 is 0 Å². The molecule has 0 aromatic carbocycles. The molecule has 0 radical (unpaired) electrons. The van der Waals surface area contributed by atoms with Crippen molar-refractivity contribution in [2.24, 2.45) is 0 Å². The van der Waals surface area contributed by atoms with Gasteiger partial charge in [0.1, 0.15) is 0 Å². The Balaban J connectivity index is 0.000000371. The zero-order valence-corrected chi connectivity index (χ0v) is 8.30. The van der Waals surface area contributed by atoms with Crippen molar-refractivity contribution in [3.05, 3.63) is 10.6 Å². The molecule has 1 rings (SSSR count). The largest absolute Gasteiger partial charge is 0.376 e. The minimum absolute atomic E-state index is 0.593. The molecular formula is C8H17NS. The van der Waals surface area contributed by atoms with Crippen LogP contribution >= 0.6 is 11.8 Å². The molecule has 2 heteroatoms. The molecule has 1 nitrogen and oxygen atoms in total. The predicted octanol–water partition coefficient (Wildman–Crippen LogP) is 2.95. The monoisotopic (exact) mass is 159 g/mol. The second-order valence-corrected chi connectivity index (χ2v) is 3.64. The summed E-state index contributed by atoms with van der Waals surface area (Å²) in [6.45, 7) is 10.4. The summed E-state index contributed by atoms with van der Waals surface area (Å²) in [5.41, 5.74) is 1.34. The molecular weight excluding hydrogens is 142 g/mol. The lowest BCUT2D eigenvalue weighted by atomic mass is 10.4. The average molecular weight is 159 g/mol. The minimum Gasteiger partial charge on any atom is -0.376 e. The molecule has 0 saturated carbocycles. The van der Waals surface area contributed by atoms with E-state index in [1.165, 1.54) is 10.6 Å². The van der Waals surface area contributed by atoms with E-state index in [0.29, 0.717) is 5.37 Å². The Hall–Kier alpha value is -0.110. The van der Waals surface area contributed by atoms with Gasteiger partial charge in [0.2, 0.25) is 0 Å². The van der Waals surface area contributed by atoms with Crippen LogP contribution in [0.4, 0.5) is 0 Å². The Morgan fingerprint density at radius 3 is 1.90 bits per heavy atom. The number of hydrogen-bond acceptors (Lipinski definition) is 2. The summed E-state index contributed by atoms with van der Waals surface area (Å²) in [6.07, 6.45) is 0. The Bertz CT molecular complexity index is 115. The van der Waals surface area contributed by atoms with Crippen LogP contribution in [0.15, 0.2) is 10.6 Å². The molecule has 0 saturated heterocycles. The van der Waals surface area contributed by atoms with E-state index >= 15 is 0 Å². The van der Waals surface area contributed by atoms with Crippen LogP contribution in [-0.2, 0) is 0 Å². The molecule has 1 unspecified atom stereocenters. The Morgan fingerprint density at radius 2 is 1.80 bits per heavy atom. The van der Waals surface area contributed by atoms with Crippen molar-refractivity contribution < 1.29 is 0 Å². The third-order valence-electron chi connectivity index (χ3n) is 1.30. The molecule has 1 aliphatic rings. The van der Waals surface area contributed by atoms with Gasteiger partial charge in [-0.05, 0) is 20.8 Å². The van der Waals surface area contributed by atoms with Crippen molar-refractivity contribution in [3.63, 3.8) is 0 Å². The third-order valence-corrected chi connectivity index (χ3v) is 2.43. The fourth-order valence-corrected chi connectivity index (χ4v) is 1.79. The van der Waals surface area contributed by atoms with Gasteiger partial charge in [-0.15, -0.1) is 11.8 Å². The van der Waals surface area contributed by atoms with Gasteiger partial charge in [0.25, 0.3) is 0 Å². The molecule has 10 heavy (non-hydrogen) atoms. The third kappa shape index (κ3) is 2.65. The summed E-state index contributed by atoms with van der Waals surface area (Å²) in [5.74, 6) is 0. The van der Waals surface area contributed by atoms with Gasteiger partial charge in [0, 0.05) is 10.6 Å². The Kier molecular flexibility index (Phi) is 4.62. The maximum absolute atomic E-state index is 3.31. The SMILES string of the molecule is CC.CC1=C(C)SC(C)N1. The normalized spacial score (nSPS) is 23.5. The van der Waals surface area contributed by atoms with E-state index in [-0.39, 0.29) is 0 Å². The number of hydrogen-bond donors (Lipinski definition) is 1. The lowest BCUT2D eigenvalue weighted by molar-refractivity contribution is 0.819. The molecule has 0 bridgehead atoms. The van der Waals surface area contributed by atoms with Crippen LogP contribution in [0.2, 0.25) is 0 Å². The zero-order chi connectivity index (χ0) is 8.15. The van der Waals surface area contributed by atoms with Crippen LogP contribution in [0.5, 0.6) is 0 Å². The molecule has 60 valence electrons. The van der Waals surface area contributed by atoms with Crippen LogP contribution < -0.4 is 5.32 Å². The summed E-state index contributed by atoms with van der Waals surface area (Å²) >= 11 is 1.90. The average Bonchev–Trinajstić information content (AvgIpc) is 2.16. The van der Waals surface area contributed by atoms with Crippen LogP contribution in [0.25, 0.3) is 0 Å². The summed E-state index contributed by atoms with van der Waals surface area (Å²) in [6, 6.07) is 0. The van der Waals surface area contributed by atoms with E-state index in [4.69, 9.17) is 0 Å². The van der Waals surface area contributed by atoms with Crippen molar-refractivity contribution >= 4 is 11.8 Å². The number of rotatable bonds is 0. The molecule has 0 aromatic heterocycles. The van der Waals surface area contributed by atoms with Gasteiger partial charge >= 0.3 is 0 Å². The molecule has 0 fully saturated rings. The lowest BCUT2D eigenvalue weighted by Gasteiger charge is -2.00. The maximum atomic E-state index is 3.31. The van der Waals surface area contributed by atoms with Crippen LogP contribution in [0, 0.1) is 0 Å². The van der Waals surface area contributed by atoms with Crippen molar-refractivity contribution in [2.45, 2.75) is 40.0 Å². The molecule has 1 aliphatic heterocycles. The van der Waals surface area contributed by atoms with Gasteiger partial charge in [-0.25, -0.2) is 0 Å². The van der Waals surface area contributed by atoms with E-state index in [1.807, 2.05) is 25.6 Å². The lowest BCUT2D eigenvalue weighted by Crippen LogP contribution is -2.13. The van der Waals surface area contributed by atoms with E-state index in [0.717, 1.165) is 0 Å². The summed E-state index contributed by atoms with van der Waals surface area (Å²) in [4.78, 5) is 1.43. The van der Waals surface area contributed by atoms with Gasteiger partial charge in [-0.1, -0.05) is 13.8 Å². The number of thioether (sulfide) groups is 1. The topological polar surface area (TPSA) is 12.0 Å². The van der Waals surface area contributed by atoms with Gasteiger partial charge in [0.05, 0.1) is 5.37 Å². The minimum atomic E-state index is 0.593. The van der Waals surface area contributed by atoms with Gasteiger partial charge in [0.15, 0.2) is 0 Å². The first-order valence-electron chi connectivity index (χ1n) is 3.81. The van der Waals surface area contributed by atoms with E-state index in [2.05, 4.69) is 26.1 Å². The predicted molar refractivity (Wildman–Crippen MR) is 49.9 cm³/mol. The van der Waals surface area contributed by atoms with E-state index in [1.54, 1.807) is 0 Å². The first-order valence-corrected chi connectivity index (χ1v) is 4.69. The molecule has 0 aliphatic carbocycles. The molecule has 0 amide bonds. The fraction of sp³-hybridized carbons (Fsp3) is 0.750. The Morgan fingerprint density at radius 1 is 1.30 bits per heavy atom. The highest BCUT2D eigenvalue weighted by Crippen LogP contribution is 2.28. The quantitative estimate of drug-likeness (QED) is 0.583. The van der Waals surface area contributed by atoms with Gasteiger partial charge < -0.3 is 5.32 Å². The second-order valence-electron chi connectivity index (χ2n) is 2.09. The molecule has 0 spiro atoms. The Labute approximate surface area is 68.3 Å². The van der Waals surface area contributed by atoms with Crippen LogP contribution in [0.3, 0.4) is 0 Å². The number of nitrogens with one attached hydrogen (secondary N) is 1. The van der Waals surface area contributed by atoms with Crippen molar-refractivity contribution in [3.8, 4) is 0 Å². The number of allylic oxidation sites excluding steroid dienone is 2. The first kappa shape index (κ1) is 9.89. The first-order chi connectivity index (χ1) is 4.70. The van der Waals surface area contributed by atoms with Gasteiger partial charge in [-0.2, -0.15) is 0 Å². The summed E-state index contributed by atoms with van der Waals surface area (Å²) < 4.78 is 0. The molecule has 1 heterocycles. The summed E-state index contributed by atoms with van der Waals surface area (Å²) in [7, 11) is 0. The van der Waals surface area contributed by atoms with Crippen molar-refractivity contribution in [1.82, 2.24) is 5.32 Å². The fourth-order valence-electron chi connectivity index (χ4n) is 0.790. The van der Waals surface area contributed by atoms with E-state index in [9.17, 15) is 0 Å². The zero-order valence-electron chi connectivity index (χ0n) is 7.49. The highest BCUT2D eigenvalue weighted by Gasteiger charge is 2.12. The maximum Gasteiger partial charge on any atom is 0.0735 e. The van der Waals surface area contributed by atoms with Crippen LogP contribution in [-0.4, -0.2) is 5.37 Å². The van der Waals surface area contributed by atoms with Crippen molar-refractivity contribution in [2.75, 3.05) is 0 Å². The second kappa shape index (κ2) is 4.67. The molecule has 0 aromatic rings.